The second-order valence-corrected chi connectivity index (χ2v) is 9.66. The Balaban J connectivity index is 1.82. The summed E-state index contributed by atoms with van der Waals surface area (Å²) in [6.45, 7) is 6.88. The lowest BCUT2D eigenvalue weighted by Gasteiger charge is -2.20. The lowest BCUT2D eigenvalue weighted by Crippen LogP contribution is -2.32. The number of methoxy groups -OCH3 is 1. The van der Waals surface area contributed by atoms with Gasteiger partial charge in [0.25, 0.3) is 5.91 Å². The molecule has 1 unspecified atom stereocenters. The van der Waals surface area contributed by atoms with Crippen LogP contribution in [0.1, 0.15) is 37.3 Å². The first-order valence-corrected chi connectivity index (χ1v) is 11.9. The number of amides is 1. The fraction of sp³-hybridized carbons (Fsp3) is 0.435. The summed E-state index contributed by atoms with van der Waals surface area (Å²) in [7, 11) is -2.14. The maximum Gasteiger partial charge on any atom is 0.265 e. The normalized spacial score (nSPS) is 15.5. The van der Waals surface area contributed by atoms with Crippen molar-refractivity contribution in [1.29, 1.82) is 0 Å². The summed E-state index contributed by atoms with van der Waals surface area (Å²) in [5, 5.41) is 2.79. The largest absolute Gasteiger partial charge is 0.495 e. The molecule has 3 rings (SSSR count). The predicted molar refractivity (Wildman–Crippen MR) is 120 cm³/mol. The summed E-state index contributed by atoms with van der Waals surface area (Å²) in [5.74, 6) is 0.631. The van der Waals surface area contributed by atoms with Gasteiger partial charge in [0.15, 0.2) is 6.10 Å². The van der Waals surface area contributed by atoms with Crippen LogP contribution in [0.5, 0.6) is 11.5 Å². The van der Waals surface area contributed by atoms with Gasteiger partial charge in [-0.1, -0.05) is 13.0 Å². The Kier molecular flexibility index (Phi) is 7.23. The molecule has 0 bridgehead atoms. The van der Waals surface area contributed by atoms with Crippen LogP contribution in [-0.2, 0) is 14.8 Å². The zero-order chi connectivity index (χ0) is 22.6. The van der Waals surface area contributed by atoms with Gasteiger partial charge in [-0.25, -0.2) is 8.42 Å². The molecule has 2 aromatic carbocycles. The quantitative estimate of drug-likeness (QED) is 0.665. The summed E-state index contributed by atoms with van der Waals surface area (Å²) < 4.78 is 38.5. The summed E-state index contributed by atoms with van der Waals surface area (Å²) >= 11 is 0. The molecule has 168 valence electrons. The van der Waals surface area contributed by atoms with Gasteiger partial charge in [-0.2, -0.15) is 4.31 Å². The molecule has 8 heteroatoms. The van der Waals surface area contributed by atoms with E-state index in [1.807, 2.05) is 39.0 Å². The minimum atomic E-state index is -3.61. The van der Waals surface area contributed by atoms with Gasteiger partial charge in [0.05, 0.1) is 17.7 Å². The van der Waals surface area contributed by atoms with Crippen LogP contribution in [0.3, 0.4) is 0 Å². The van der Waals surface area contributed by atoms with Crippen molar-refractivity contribution in [2.75, 3.05) is 25.5 Å². The topological polar surface area (TPSA) is 84.9 Å². The van der Waals surface area contributed by atoms with Crippen molar-refractivity contribution >= 4 is 21.6 Å². The highest BCUT2D eigenvalue weighted by atomic mass is 32.2. The number of carbonyl (C=O) groups excluding carboxylic acids is 1. The molecule has 0 saturated carbocycles. The van der Waals surface area contributed by atoms with Gasteiger partial charge >= 0.3 is 0 Å². The average Bonchev–Trinajstić information content (AvgIpc) is 3.30. The Morgan fingerprint density at radius 2 is 1.81 bits per heavy atom. The smallest absolute Gasteiger partial charge is 0.265 e. The number of anilines is 1. The van der Waals surface area contributed by atoms with Crippen molar-refractivity contribution in [3.05, 3.63) is 47.5 Å². The molecule has 1 N–H and O–H groups in total. The third-order valence-electron chi connectivity index (χ3n) is 5.55. The number of ether oxygens (including phenoxy) is 2. The maximum absolute atomic E-state index is 12.9. The summed E-state index contributed by atoms with van der Waals surface area (Å²) in [6, 6.07) is 10.2. The molecular weight excluding hydrogens is 416 g/mol. The molecular formula is C23H30N2O5S. The van der Waals surface area contributed by atoms with E-state index < -0.39 is 16.1 Å². The maximum atomic E-state index is 12.9. The lowest BCUT2D eigenvalue weighted by atomic mass is 10.1. The SMILES string of the molecule is CCC(Oc1ccc(C)c(C)c1)C(=O)Nc1cc(S(=O)(=O)N2CCCC2)ccc1OC. The highest BCUT2D eigenvalue weighted by molar-refractivity contribution is 7.89. The highest BCUT2D eigenvalue weighted by Crippen LogP contribution is 2.30. The highest BCUT2D eigenvalue weighted by Gasteiger charge is 2.28. The van der Waals surface area contributed by atoms with Gasteiger partial charge < -0.3 is 14.8 Å². The second-order valence-electron chi connectivity index (χ2n) is 7.72. The van der Waals surface area contributed by atoms with E-state index in [-0.39, 0.29) is 10.8 Å². The van der Waals surface area contributed by atoms with Crippen LogP contribution in [0.15, 0.2) is 41.3 Å². The molecule has 1 amide bonds. The minimum Gasteiger partial charge on any atom is -0.495 e. The molecule has 31 heavy (non-hydrogen) atoms. The van der Waals surface area contributed by atoms with Crippen LogP contribution in [0.4, 0.5) is 5.69 Å². The minimum absolute atomic E-state index is 0.133. The molecule has 2 aromatic rings. The first-order valence-electron chi connectivity index (χ1n) is 10.5. The molecule has 1 fully saturated rings. The van der Waals surface area contributed by atoms with Gasteiger partial charge in [0.1, 0.15) is 11.5 Å². The van der Waals surface area contributed by atoms with Crippen molar-refractivity contribution in [2.45, 2.75) is 51.0 Å². The number of sulfonamides is 1. The van der Waals surface area contributed by atoms with Gasteiger partial charge in [-0.15, -0.1) is 0 Å². The molecule has 0 spiro atoms. The zero-order valence-electron chi connectivity index (χ0n) is 18.5. The third kappa shape index (κ3) is 5.19. The van der Waals surface area contributed by atoms with Crippen LogP contribution >= 0.6 is 0 Å². The first kappa shape index (κ1) is 23.1. The summed E-state index contributed by atoms with van der Waals surface area (Å²) in [5.41, 5.74) is 2.52. The van der Waals surface area contributed by atoms with Gasteiger partial charge in [-0.3, -0.25) is 4.79 Å². The molecule has 1 atom stereocenters. The molecule has 0 aromatic heterocycles. The van der Waals surface area contributed by atoms with Crippen molar-refractivity contribution < 1.29 is 22.7 Å². The Morgan fingerprint density at radius 1 is 1.10 bits per heavy atom. The van der Waals surface area contributed by atoms with Crippen molar-refractivity contribution in [3.8, 4) is 11.5 Å². The Bertz CT molecular complexity index is 1050. The Labute approximate surface area is 184 Å². The summed E-state index contributed by atoms with van der Waals surface area (Å²) in [4.78, 5) is 13.1. The number of rotatable bonds is 8. The molecule has 1 heterocycles. The van der Waals surface area contributed by atoms with E-state index in [9.17, 15) is 13.2 Å². The van der Waals surface area contributed by atoms with Crippen molar-refractivity contribution in [1.82, 2.24) is 4.31 Å². The fourth-order valence-electron chi connectivity index (χ4n) is 3.51. The molecule has 1 aliphatic rings. The van der Waals surface area contributed by atoms with Gasteiger partial charge in [0.2, 0.25) is 10.0 Å². The van der Waals surface area contributed by atoms with E-state index in [2.05, 4.69) is 5.32 Å². The van der Waals surface area contributed by atoms with E-state index >= 15 is 0 Å². The number of nitrogens with one attached hydrogen (secondary N) is 1. The molecule has 7 nitrogen and oxygen atoms in total. The van der Waals surface area contributed by atoms with Crippen LogP contribution in [0, 0.1) is 13.8 Å². The molecule has 0 radical (unpaired) electrons. The van der Waals surface area contributed by atoms with Crippen LogP contribution in [0.25, 0.3) is 0 Å². The number of nitrogens with zero attached hydrogens (tertiary/aromatic N) is 1. The van der Waals surface area contributed by atoms with Crippen LogP contribution in [0.2, 0.25) is 0 Å². The second kappa shape index (κ2) is 9.70. The number of hydrogen-bond donors (Lipinski definition) is 1. The van der Waals surface area contributed by atoms with E-state index in [0.29, 0.717) is 36.7 Å². The zero-order valence-corrected chi connectivity index (χ0v) is 19.3. The van der Waals surface area contributed by atoms with Crippen molar-refractivity contribution in [2.24, 2.45) is 0 Å². The lowest BCUT2D eigenvalue weighted by molar-refractivity contribution is -0.122. The van der Waals surface area contributed by atoms with Crippen LogP contribution < -0.4 is 14.8 Å². The third-order valence-corrected chi connectivity index (χ3v) is 7.45. The van der Waals surface area contributed by atoms with E-state index in [1.54, 1.807) is 6.07 Å². The predicted octanol–water partition coefficient (Wildman–Crippen LogP) is 3.89. The van der Waals surface area contributed by atoms with Crippen LogP contribution in [-0.4, -0.2) is 44.9 Å². The fourth-order valence-corrected chi connectivity index (χ4v) is 5.05. The average molecular weight is 447 g/mol. The van der Waals surface area contributed by atoms with E-state index in [1.165, 1.54) is 23.5 Å². The molecule has 1 aliphatic heterocycles. The monoisotopic (exact) mass is 446 g/mol. The van der Waals surface area contributed by atoms with E-state index in [0.717, 1.165) is 24.0 Å². The van der Waals surface area contributed by atoms with E-state index in [4.69, 9.17) is 9.47 Å². The van der Waals surface area contributed by atoms with Gasteiger partial charge in [-0.05, 0) is 74.6 Å². The summed E-state index contributed by atoms with van der Waals surface area (Å²) in [6.07, 6.45) is 1.43. The van der Waals surface area contributed by atoms with Gasteiger partial charge in [0, 0.05) is 13.1 Å². The number of aryl methyl sites for hydroxylation is 2. The Morgan fingerprint density at radius 3 is 2.42 bits per heavy atom. The molecule has 1 saturated heterocycles. The molecule has 0 aliphatic carbocycles. The number of carbonyl (C=O) groups is 1. The van der Waals surface area contributed by atoms with Crippen molar-refractivity contribution in [3.63, 3.8) is 0 Å². The standard InChI is InChI=1S/C23H30N2O5S/c1-5-21(30-18-9-8-16(2)17(3)14-18)23(26)24-20-15-19(10-11-22(20)29-4)31(27,28)25-12-6-7-13-25/h8-11,14-15,21H,5-7,12-13H2,1-4H3,(H,24,26). The number of hydrogen-bond acceptors (Lipinski definition) is 5. The first-order chi connectivity index (χ1) is 14.8. The Hall–Kier alpha value is -2.58. The number of benzene rings is 2.